The molecule has 3 aromatic carbocycles. The van der Waals surface area contributed by atoms with Crippen molar-refractivity contribution in [1.29, 1.82) is 0 Å². The summed E-state index contributed by atoms with van der Waals surface area (Å²) in [5, 5.41) is 7.62. The summed E-state index contributed by atoms with van der Waals surface area (Å²) in [5.41, 5.74) is 1.59. The number of ether oxygens (including phenoxy) is 1. The molecule has 1 atom stereocenters. The number of hydrogen-bond donors (Lipinski definition) is 2. The molecular formula is C20H17Cl3N2O2. The van der Waals surface area contributed by atoms with Crippen LogP contribution in [-0.4, -0.2) is 16.1 Å². The van der Waals surface area contributed by atoms with Crippen molar-refractivity contribution in [1.82, 2.24) is 5.32 Å². The van der Waals surface area contributed by atoms with Crippen LogP contribution in [0, 0.1) is 0 Å². The Labute approximate surface area is 172 Å². The van der Waals surface area contributed by atoms with E-state index >= 15 is 0 Å². The first-order chi connectivity index (χ1) is 12.9. The van der Waals surface area contributed by atoms with Crippen molar-refractivity contribution in [3.8, 4) is 0 Å². The zero-order valence-corrected chi connectivity index (χ0v) is 16.4. The quantitative estimate of drug-likeness (QED) is 0.398. The van der Waals surface area contributed by atoms with E-state index in [9.17, 15) is 4.79 Å². The van der Waals surface area contributed by atoms with Crippen molar-refractivity contribution in [3.63, 3.8) is 0 Å². The van der Waals surface area contributed by atoms with Crippen molar-refractivity contribution < 1.29 is 9.53 Å². The zero-order valence-electron chi connectivity index (χ0n) is 14.2. The van der Waals surface area contributed by atoms with Crippen molar-refractivity contribution in [3.05, 3.63) is 78.4 Å². The van der Waals surface area contributed by atoms with Gasteiger partial charge < -0.3 is 10.1 Å². The van der Waals surface area contributed by atoms with Crippen LogP contribution in [-0.2, 0) is 11.3 Å². The molecule has 140 valence electrons. The number of amides is 1. The summed E-state index contributed by atoms with van der Waals surface area (Å²) in [6, 6.07) is 22.8. The molecule has 0 saturated carbocycles. The predicted molar refractivity (Wildman–Crippen MR) is 111 cm³/mol. The molecule has 3 rings (SSSR count). The third-order valence-corrected chi connectivity index (χ3v) is 4.55. The fourth-order valence-corrected chi connectivity index (χ4v) is 2.92. The monoisotopic (exact) mass is 422 g/mol. The van der Waals surface area contributed by atoms with Crippen molar-refractivity contribution in [2.75, 3.05) is 5.32 Å². The van der Waals surface area contributed by atoms with Gasteiger partial charge in [0.05, 0.1) is 0 Å². The van der Waals surface area contributed by atoms with Crippen molar-refractivity contribution >= 4 is 57.4 Å². The molecule has 0 aliphatic heterocycles. The average Bonchev–Trinajstić information content (AvgIpc) is 2.66. The van der Waals surface area contributed by atoms with Crippen LogP contribution in [0.5, 0.6) is 0 Å². The molecule has 0 spiro atoms. The summed E-state index contributed by atoms with van der Waals surface area (Å²) in [6.45, 7) is 0.119. The van der Waals surface area contributed by atoms with E-state index < -0.39 is 16.1 Å². The van der Waals surface area contributed by atoms with E-state index in [1.807, 2.05) is 72.8 Å². The lowest BCUT2D eigenvalue weighted by atomic mass is 10.1. The average molecular weight is 424 g/mol. The fraction of sp³-hybridized carbons (Fsp3) is 0.150. The molecule has 0 heterocycles. The van der Waals surface area contributed by atoms with Gasteiger partial charge in [0.25, 0.3) is 0 Å². The number of alkyl carbamates (subject to hydrolysis) is 1. The van der Waals surface area contributed by atoms with E-state index in [4.69, 9.17) is 39.5 Å². The van der Waals surface area contributed by atoms with Crippen molar-refractivity contribution in [2.45, 2.75) is 16.6 Å². The molecule has 7 heteroatoms. The first-order valence-electron chi connectivity index (χ1n) is 8.22. The highest BCUT2D eigenvalue weighted by atomic mass is 35.6. The normalized spacial score (nSPS) is 12.4. The number of nitrogens with one attached hydrogen (secondary N) is 2. The second-order valence-corrected chi connectivity index (χ2v) is 8.22. The summed E-state index contributed by atoms with van der Waals surface area (Å²) in [5.74, 6) is 0. The molecule has 0 fully saturated rings. The Hall–Kier alpha value is -2.14. The number of hydrogen-bond acceptors (Lipinski definition) is 3. The summed E-state index contributed by atoms with van der Waals surface area (Å²) in [7, 11) is 0. The van der Waals surface area contributed by atoms with Crippen LogP contribution in [0.3, 0.4) is 0 Å². The summed E-state index contributed by atoms with van der Waals surface area (Å²) in [6.07, 6.45) is -1.68. The number of halogens is 3. The third-order valence-electron chi connectivity index (χ3n) is 3.89. The maximum absolute atomic E-state index is 12.2. The SMILES string of the molecule is O=C(N[C@@H](Nc1cccc2ccccc12)C(Cl)(Cl)Cl)OCc1ccccc1. The summed E-state index contributed by atoms with van der Waals surface area (Å²) in [4.78, 5) is 12.2. The van der Waals surface area contributed by atoms with E-state index in [1.165, 1.54) is 0 Å². The van der Waals surface area contributed by atoms with Crippen LogP contribution in [0.15, 0.2) is 72.8 Å². The molecule has 0 radical (unpaired) electrons. The van der Waals surface area contributed by atoms with Crippen LogP contribution in [0.2, 0.25) is 0 Å². The summed E-state index contributed by atoms with van der Waals surface area (Å²) < 4.78 is 3.42. The molecule has 0 aromatic heterocycles. The Morgan fingerprint density at radius 3 is 2.33 bits per heavy atom. The number of alkyl halides is 3. The number of carbonyl (C=O) groups excluding carboxylic acids is 1. The van der Waals surface area contributed by atoms with Gasteiger partial charge in [0.2, 0.25) is 3.79 Å². The van der Waals surface area contributed by atoms with Crippen LogP contribution in [0.1, 0.15) is 5.56 Å². The molecule has 0 saturated heterocycles. The molecule has 3 aromatic rings. The van der Waals surface area contributed by atoms with Crippen LogP contribution in [0.4, 0.5) is 10.5 Å². The van der Waals surface area contributed by atoms with Gasteiger partial charge in [0.15, 0.2) is 0 Å². The highest BCUT2D eigenvalue weighted by Gasteiger charge is 2.34. The lowest BCUT2D eigenvalue weighted by Crippen LogP contribution is -2.49. The van der Waals surface area contributed by atoms with Gasteiger partial charge in [0, 0.05) is 11.1 Å². The molecule has 1 amide bonds. The second kappa shape index (κ2) is 8.70. The minimum atomic E-state index is -1.79. The smallest absolute Gasteiger partial charge is 0.409 e. The van der Waals surface area contributed by atoms with Gasteiger partial charge in [-0.15, -0.1) is 0 Å². The largest absolute Gasteiger partial charge is 0.445 e. The van der Waals surface area contributed by atoms with Crippen LogP contribution >= 0.6 is 34.8 Å². The predicted octanol–water partition coefficient (Wildman–Crippen LogP) is 5.87. The van der Waals surface area contributed by atoms with Crippen LogP contribution < -0.4 is 10.6 Å². The highest BCUT2D eigenvalue weighted by molar-refractivity contribution is 6.68. The topological polar surface area (TPSA) is 50.4 Å². The van der Waals surface area contributed by atoms with E-state index in [-0.39, 0.29) is 6.61 Å². The first kappa shape index (κ1) is 19.6. The third kappa shape index (κ3) is 5.42. The molecule has 0 bridgehead atoms. The molecule has 4 nitrogen and oxygen atoms in total. The van der Waals surface area contributed by atoms with E-state index in [0.717, 1.165) is 22.0 Å². The van der Waals surface area contributed by atoms with Crippen LogP contribution in [0.25, 0.3) is 10.8 Å². The van der Waals surface area contributed by atoms with Gasteiger partial charge in [-0.1, -0.05) is 102 Å². The van der Waals surface area contributed by atoms with E-state index in [1.54, 1.807) is 0 Å². The van der Waals surface area contributed by atoms with Gasteiger partial charge in [-0.25, -0.2) is 4.79 Å². The molecule has 0 unspecified atom stereocenters. The number of benzene rings is 3. The Balaban J connectivity index is 1.71. The lowest BCUT2D eigenvalue weighted by Gasteiger charge is -2.27. The molecule has 2 N–H and O–H groups in total. The maximum atomic E-state index is 12.2. The van der Waals surface area contributed by atoms with Gasteiger partial charge in [-0.3, -0.25) is 5.32 Å². The van der Waals surface area contributed by atoms with Crippen molar-refractivity contribution in [2.24, 2.45) is 0 Å². The van der Waals surface area contributed by atoms with E-state index in [2.05, 4.69) is 10.6 Å². The lowest BCUT2D eigenvalue weighted by molar-refractivity contribution is 0.137. The zero-order chi connectivity index (χ0) is 19.3. The number of fused-ring (bicyclic) bond motifs is 1. The maximum Gasteiger partial charge on any atom is 0.409 e. The second-order valence-electron chi connectivity index (χ2n) is 5.85. The van der Waals surface area contributed by atoms with E-state index in [0.29, 0.717) is 0 Å². The molecular weight excluding hydrogens is 407 g/mol. The standard InChI is InChI=1S/C20H17Cl3N2O2/c21-20(22,23)18(25-19(26)27-13-14-7-2-1-3-8-14)24-17-12-6-10-15-9-4-5-11-16(15)17/h1-12,18,24H,13H2,(H,25,26)/t18-/m1/s1. The fourth-order valence-electron chi connectivity index (χ4n) is 2.59. The van der Waals surface area contributed by atoms with Gasteiger partial charge in [-0.05, 0) is 17.0 Å². The number of rotatable bonds is 5. The minimum absolute atomic E-state index is 0.119. The van der Waals surface area contributed by atoms with Gasteiger partial charge in [-0.2, -0.15) is 0 Å². The van der Waals surface area contributed by atoms with Gasteiger partial charge in [0.1, 0.15) is 12.8 Å². The highest BCUT2D eigenvalue weighted by Crippen LogP contribution is 2.33. The van der Waals surface area contributed by atoms with Gasteiger partial charge >= 0.3 is 6.09 Å². The molecule has 0 aliphatic carbocycles. The number of anilines is 1. The Morgan fingerprint density at radius 1 is 0.926 bits per heavy atom. The molecule has 27 heavy (non-hydrogen) atoms. The summed E-state index contributed by atoms with van der Waals surface area (Å²) >= 11 is 18.2. The minimum Gasteiger partial charge on any atom is -0.445 e. The first-order valence-corrected chi connectivity index (χ1v) is 9.35. The Morgan fingerprint density at radius 2 is 1.59 bits per heavy atom. The molecule has 0 aliphatic rings. The Kier molecular flexibility index (Phi) is 6.32. The Bertz CT molecular complexity index is 908. The number of carbonyl (C=O) groups is 1.